The van der Waals surface area contributed by atoms with Crippen molar-refractivity contribution < 1.29 is 14.5 Å². The van der Waals surface area contributed by atoms with Gasteiger partial charge >= 0.3 is 0 Å². The van der Waals surface area contributed by atoms with E-state index in [-0.39, 0.29) is 17.7 Å². The molecule has 0 saturated carbocycles. The lowest BCUT2D eigenvalue weighted by molar-refractivity contribution is -0.895. The van der Waals surface area contributed by atoms with E-state index in [9.17, 15) is 9.59 Å². The minimum absolute atomic E-state index is 0.0369. The number of aryl methyl sites for hydroxylation is 2. The van der Waals surface area contributed by atoms with Gasteiger partial charge in [-0.15, -0.1) is 0 Å². The zero-order chi connectivity index (χ0) is 20.8. The van der Waals surface area contributed by atoms with Crippen molar-refractivity contribution in [2.24, 2.45) is 0 Å². The topological polar surface area (TPSA) is 53.9 Å². The number of para-hydroxylation sites is 1. The van der Waals surface area contributed by atoms with Crippen LogP contribution in [0, 0.1) is 13.8 Å². The molecule has 5 nitrogen and oxygen atoms in total. The third-order valence-corrected chi connectivity index (χ3v) is 5.83. The predicted octanol–water partition coefficient (Wildman–Crippen LogP) is 2.16. The van der Waals surface area contributed by atoms with Gasteiger partial charge in [0.05, 0.1) is 26.2 Å². The van der Waals surface area contributed by atoms with Gasteiger partial charge in [0.15, 0.2) is 6.54 Å². The Morgan fingerprint density at radius 2 is 1.62 bits per heavy atom. The van der Waals surface area contributed by atoms with Gasteiger partial charge < -0.3 is 15.1 Å². The van der Waals surface area contributed by atoms with Crippen LogP contribution in [0.4, 0.5) is 5.69 Å². The molecule has 0 aliphatic carbocycles. The Labute approximate surface area is 173 Å². The van der Waals surface area contributed by atoms with Gasteiger partial charge in [0.2, 0.25) is 5.91 Å². The molecule has 1 saturated heterocycles. The first-order chi connectivity index (χ1) is 13.9. The van der Waals surface area contributed by atoms with Gasteiger partial charge in [-0.2, -0.15) is 0 Å². The molecule has 0 radical (unpaired) electrons. The second-order valence-corrected chi connectivity index (χ2v) is 8.14. The molecule has 2 N–H and O–H groups in total. The Morgan fingerprint density at radius 3 is 2.24 bits per heavy atom. The maximum Gasteiger partial charge on any atom is 0.279 e. The summed E-state index contributed by atoms with van der Waals surface area (Å²) in [6.45, 7) is 9.62. The Kier molecular flexibility index (Phi) is 7.04. The number of carbonyl (C=O) groups is 2. The van der Waals surface area contributed by atoms with Crippen molar-refractivity contribution in [3.63, 3.8) is 0 Å². The smallest absolute Gasteiger partial charge is 0.279 e. The van der Waals surface area contributed by atoms with E-state index < -0.39 is 0 Å². The van der Waals surface area contributed by atoms with Gasteiger partial charge in [0.1, 0.15) is 0 Å². The van der Waals surface area contributed by atoms with E-state index >= 15 is 0 Å². The molecular weight excluding hydrogens is 362 g/mol. The third kappa shape index (κ3) is 5.67. The van der Waals surface area contributed by atoms with E-state index in [0.29, 0.717) is 26.1 Å². The number of nitrogens with one attached hydrogen (secondary N) is 2. The standard InChI is InChI=1S/C24H31N3O2/c1-18-8-7-9-19(2)24(18)25-22(28)17-26-12-14-27(15-13-26)23(29)16-20(3)21-10-5-4-6-11-21/h4-11,20H,12-17H2,1-3H3,(H,25,28)/p+1/t20-/m0/s1. The average Bonchev–Trinajstić information content (AvgIpc) is 2.72. The highest BCUT2D eigenvalue weighted by atomic mass is 16.2. The van der Waals surface area contributed by atoms with Crippen LogP contribution in [0.25, 0.3) is 0 Å². The Balaban J connectivity index is 1.45. The van der Waals surface area contributed by atoms with Crippen molar-refractivity contribution >= 4 is 17.5 Å². The molecular formula is C24H32N3O2+. The van der Waals surface area contributed by atoms with Gasteiger partial charge in [-0.1, -0.05) is 55.5 Å². The number of amides is 2. The molecule has 1 aliphatic rings. The summed E-state index contributed by atoms with van der Waals surface area (Å²) in [7, 11) is 0. The van der Waals surface area contributed by atoms with Crippen LogP contribution in [0.1, 0.15) is 36.0 Å². The summed E-state index contributed by atoms with van der Waals surface area (Å²) in [5, 5.41) is 3.06. The fraction of sp³-hybridized carbons (Fsp3) is 0.417. The molecule has 154 valence electrons. The van der Waals surface area contributed by atoms with E-state index in [2.05, 4.69) is 24.4 Å². The van der Waals surface area contributed by atoms with Crippen LogP contribution in [0.5, 0.6) is 0 Å². The normalized spacial score (nSPS) is 15.8. The van der Waals surface area contributed by atoms with Crippen LogP contribution in [-0.2, 0) is 9.59 Å². The maximum absolute atomic E-state index is 12.7. The molecule has 1 heterocycles. The van der Waals surface area contributed by atoms with E-state index in [1.807, 2.05) is 55.1 Å². The van der Waals surface area contributed by atoms with Crippen molar-refractivity contribution in [3.05, 3.63) is 65.2 Å². The molecule has 0 bridgehead atoms. The second kappa shape index (κ2) is 9.70. The van der Waals surface area contributed by atoms with E-state index in [0.717, 1.165) is 29.9 Å². The number of quaternary nitrogens is 1. The number of benzene rings is 2. The molecule has 0 unspecified atom stereocenters. The minimum Gasteiger partial charge on any atom is -0.331 e. The molecule has 2 amide bonds. The number of anilines is 1. The first-order valence-electron chi connectivity index (χ1n) is 10.5. The van der Waals surface area contributed by atoms with E-state index in [1.54, 1.807) is 0 Å². The summed E-state index contributed by atoms with van der Waals surface area (Å²) in [6, 6.07) is 16.2. The number of hydrogen-bond donors (Lipinski definition) is 2. The molecule has 5 heteroatoms. The summed E-state index contributed by atoms with van der Waals surface area (Å²) in [5.74, 6) is 0.465. The quantitative estimate of drug-likeness (QED) is 0.789. The summed E-state index contributed by atoms with van der Waals surface area (Å²) in [4.78, 5) is 28.3. The second-order valence-electron chi connectivity index (χ2n) is 8.14. The lowest BCUT2D eigenvalue weighted by atomic mass is 9.97. The van der Waals surface area contributed by atoms with Crippen LogP contribution < -0.4 is 10.2 Å². The summed E-state index contributed by atoms with van der Waals surface area (Å²) < 4.78 is 0. The summed E-state index contributed by atoms with van der Waals surface area (Å²) in [6.07, 6.45) is 0.534. The SMILES string of the molecule is Cc1cccc(C)c1NC(=O)C[NH+]1CCN(C(=O)C[C@H](C)c2ccccc2)CC1. The highest BCUT2D eigenvalue weighted by Gasteiger charge is 2.26. The molecule has 2 aromatic carbocycles. The van der Waals surface area contributed by atoms with Crippen LogP contribution in [0.3, 0.4) is 0 Å². The number of carbonyl (C=O) groups excluding carboxylic acids is 2. The fourth-order valence-electron chi connectivity index (χ4n) is 3.96. The largest absolute Gasteiger partial charge is 0.331 e. The molecule has 1 atom stereocenters. The van der Waals surface area contributed by atoms with Crippen LogP contribution in [-0.4, -0.2) is 49.4 Å². The van der Waals surface area contributed by atoms with Gasteiger partial charge in [-0.3, -0.25) is 9.59 Å². The van der Waals surface area contributed by atoms with Crippen molar-refractivity contribution in [2.75, 3.05) is 38.0 Å². The number of rotatable bonds is 6. The van der Waals surface area contributed by atoms with Gasteiger partial charge in [0, 0.05) is 12.1 Å². The summed E-state index contributed by atoms with van der Waals surface area (Å²) >= 11 is 0. The lowest BCUT2D eigenvalue weighted by Crippen LogP contribution is -3.15. The van der Waals surface area contributed by atoms with Crippen molar-refractivity contribution in [1.82, 2.24) is 4.90 Å². The van der Waals surface area contributed by atoms with Crippen molar-refractivity contribution in [1.29, 1.82) is 0 Å². The van der Waals surface area contributed by atoms with E-state index in [4.69, 9.17) is 0 Å². The highest BCUT2D eigenvalue weighted by Crippen LogP contribution is 2.20. The fourth-order valence-corrected chi connectivity index (χ4v) is 3.96. The van der Waals surface area contributed by atoms with Crippen molar-refractivity contribution in [2.45, 2.75) is 33.1 Å². The molecule has 0 aromatic heterocycles. The maximum atomic E-state index is 12.7. The lowest BCUT2D eigenvalue weighted by Gasteiger charge is -2.32. The van der Waals surface area contributed by atoms with Gasteiger partial charge in [0.25, 0.3) is 5.91 Å². The van der Waals surface area contributed by atoms with Gasteiger partial charge in [-0.05, 0) is 36.5 Å². The molecule has 1 aliphatic heterocycles. The van der Waals surface area contributed by atoms with Crippen LogP contribution >= 0.6 is 0 Å². The Hall–Kier alpha value is -2.66. The Morgan fingerprint density at radius 1 is 1.00 bits per heavy atom. The molecule has 3 rings (SSSR count). The summed E-state index contributed by atoms with van der Waals surface area (Å²) in [5.41, 5.74) is 4.28. The monoisotopic (exact) mass is 394 g/mol. The first-order valence-corrected chi connectivity index (χ1v) is 10.5. The van der Waals surface area contributed by atoms with Crippen molar-refractivity contribution in [3.8, 4) is 0 Å². The number of nitrogens with zero attached hydrogens (tertiary/aromatic N) is 1. The number of piperazine rings is 1. The zero-order valence-corrected chi connectivity index (χ0v) is 17.7. The van der Waals surface area contributed by atoms with Crippen LogP contribution in [0.15, 0.2) is 48.5 Å². The van der Waals surface area contributed by atoms with Gasteiger partial charge in [-0.25, -0.2) is 0 Å². The average molecular weight is 395 g/mol. The predicted molar refractivity (Wildman–Crippen MR) is 116 cm³/mol. The molecule has 29 heavy (non-hydrogen) atoms. The Bertz CT molecular complexity index is 822. The number of hydrogen-bond acceptors (Lipinski definition) is 2. The van der Waals surface area contributed by atoms with E-state index in [1.165, 1.54) is 10.5 Å². The molecule has 2 aromatic rings. The minimum atomic E-state index is 0.0369. The zero-order valence-electron chi connectivity index (χ0n) is 17.7. The third-order valence-electron chi connectivity index (χ3n) is 5.83. The highest BCUT2D eigenvalue weighted by molar-refractivity contribution is 5.93. The molecule has 0 spiro atoms. The van der Waals surface area contributed by atoms with Crippen LogP contribution in [0.2, 0.25) is 0 Å². The first kappa shape index (κ1) is 21.1. The molecule has 1 fully saturated rings.